The van der Waals surface area contributed by atoms with Crippen LogP contribution in [0.2, 0.25) is 0 Å². The Morgan fingerprint density at radius 1 is 1.17 bits per heavy atom. The van der Waals surface area contributed by atoms with Gasteiger partial charge in [0.1, 0.15) is 17.6 Å². The first-order chi connectivity index (χ1) is 16.7. The van der Waals surface area contributed by atoms with Gasteiger partial charge in [-0.2, -0.15) is 0 Å². The molecule has 0 aromatic heterocycles. The second-order valence-corrected chi connectivity index (χ2v) is 9.54. The van der Waals surface area contributed by atoms with Crippen molar-refractivity contribution in [2.75, 3.05) is 38.6 Å². The van der Waals surface area contributed by atoms with Gasteiger partial charge in [-0.1, -0.05) is 18.2 Å². The molecule has 3 heterocycles. The van der Waals surface area contributed by atoms with E-state index in [1.54, 1.807) is 35.2 Å². The summed E-state index contributed by atoms with van der Waals surface area (Å²) >= 11 is 0. The van der Waals surface area contributed by atoms with E-state index in [-0.39, 0.29) is 24.0 Å². The van der Waals surface area contributed by atoms with E-state index in [2.05, 4.69) is 0 Å². The van der Waals surface area contributed by atoms with Gasteiger partial charge in [-0.25, -0.2) is 0 Å². The second kappa shape index (κ2) is 8.23. The maximum atomic E-state index is 14.1. The van der Waals surface area contributed by atoms with E-state index >= 15 is 0 Å². The number of carbonyl (C=O) groups excluding carboxylic acids is 3. The van der Waals surface area contributed by atoms with Crippen molar-refractivity contribution in [2.24, 2.45) is 0 Å². The van der Waals surface area contributed by atoms with E-state index in [0.717, 1.165) is 11.3 Å². The fraction of sp³-hybridized carbons (Fsp3) is 0.370. The van der Waals surface area contributed by atoms with Crippen LogP contribution in [0.5, 0.6) is 5.75 Å². The Bertz CT molecular complexity index is 1280. The Morgan fingerprint density at radius 3 is 2.63 bits per heavy atom. The summed E-state index contributed by atoms with van der Waals surface area (Å²) in [6.45, 7) is 4.78. The van der Waals surface area contributed by atoms with Gasteiger partial charge in [-0.05, 0) is 57.8 Å². The highest BCUT2D eigenvalue weighted by atomic mass is 16.5. The van der Waals surface area contributed by atoms with Gasteiger partial charge in [0, 0.05) is 37.2 Å². The predicted octanol–water partition coefficient (Wildman–Crippen LogP) is 2.51. The average Bonchev–Trinajstić information content (AvgIpc) is 3.40. The lowest BCUT2D eigenvalue weighted by atomic mass is 9.81. The van der Waals surface area contributed by atoms with Crippen LogP contribution in [-0.2, 0) is 26.3 Å². The summed E-state index contributed by atoms with van der Waals surface area (Å²) in [6, 6.07) is 12.4. The van der Waals surface area contributed by atoms with Crippen molar-refractivity contribution in [2.45, 2.75) is 31.9 Å². The quantitative estimate of drug-likeness (QED) is 0.406. The van der Waals surface area contributed by atoms with Crippen molar-refractivity contribution >= 4 is 29.0 Å². The Balaban J connectivity index is 1.77. The Morgan fingerprint density at radius 2 is 1.91 bits per heavy atom. The normalized spacial score (nSPS) is 24.5. The number of likely N-dealkylation sites (tertiary alicyclic amines) is 1. The monoisotopic (exact) mass is 475 g/mol. The van der Waals surface area contributed by atoms with Crippen molar-refractivity contribution < 1.29 is 24.2 Å². The summed E-state index contributed by atoms with van der Waals surface area (Å²) < 4.78 is 5.77. The molecular weight excluding hydrogens is 446 g/mol. The average molecular weight is 476 g/mol. The Labute approximate surface area is 204 Å². The van der Waals surface area contributed by atoms with E-state index < -0.39 is 23.1 Å². The summed E-state index contributed by atoms with van der Waals surface area (Å²) in [5, 5.41) is 11.6. The third-order valence-corrected chi connectivity index (χ3v) is 7.07. The Kier molecular flexibility index (Phi) is 5.44. The van der Waals surface area contributed by atoms with Crippen molar-refractivity contribution in [1.82, 2.24) is 9.80 Å². The van der Waals surface area contributed by atoms with Gasteiger partial charge in [0.2, 0.25) is 0 Å². The number of hydrogen-bond donors (Lipinski definition) is 1. The molecule has 2 aromatic rings. The molecule has 1 fully saturated rings. The number of fused-ring (bicyclic) bond motifs is 3. The number of likely N-dealkylation sites (N-methyl/N-ethyl adjacent to an activating group) is 2. The van der Waals surface area contributed by atoms with Crippen molar-refractivity contribution in [3.63, 3.8) is 0 Å². The maximum Gasteiger partial charge on any atom is 0.296 e. The van der Waals surface area contributed by atoms with Gasteiger partial charge in [0.15, 0.2) is 5.54 Å². The molecule has 3 aliphatic heterocycles. The molecule has 1 spiro atoms. The SMILES string of the molecule is CCN1C(=O)C2(/C(=C(/O)c3ccc4c(c3)CC(C)O4)C(=O)C(=O)N2CCN(C)C)c2ccccc21. The van der Waals surface area contributed by atoms with E-state index in [1.807, 2.05) is 45.0 Å². The molecule has 182 valence electrons. The zero-order chi connectivity index (χ0) is 25.1. The predicted molar refractivity (Wildman–Crippen MR) is 131 cm³/mol. The smallest absolute Gasteiger partial charge is 0.296 e. The van der Waals surface area contributed by atoms with E-state index in [0.29, 0.717) is 36.3 Å². The number of aliphatic hydroxyl groups excluding tert-OH is 1. The maximum absolute atomic E-state index is 14.1. The number of aliphatic hydroxyl groups is 1. The van der Waals surface area contributed by atoms with E-state index in [4.69, 9.17) is 4.74 Å². The number of benzene rings is 2. The summed E-state index contributed by atoms with van der Waals surface area (Å²) in [7, 11) is 3.72. The van der Waals surface area contributed by atoms with Crippen molar-refractivity contribution in [1.29, 1.82) is 0 Å². The molecule has 8 nitrogen and oxygen atoms in total. The number of para-hydroxylation sites is 1. The summed E-state index contributed by atoms with van der Waals surface area (Å²) in [6.07, 6.45) is 0.684. The van der Waals surface area contributed by atoms with Crippen molar-refractivity contribution in [3.8, 4) is 5.75 Å². The second-order valence-electron chi connectivity index (χ2n) is 9.54. The van der Waals surface area contributed by atoms with Crippen LogP contribution >= 0.6 is 0 Å². The minimum atomic E-state index is -1.72. The molecule has 2 unspecified atom stereocenters. The number of nitrogens with zero attached hydrogens (tertiary/aromatic N) is 3. The van der Waals surface area contributed by atoms with Crippen LogP contribution in [0.15, 0.2) is 48.0 Å². The number of hydrogen-bond acceptors (Lipinski definition) is 6. The number of ketones is 1. The zero-order valence-corrected chi connectivity index (χ0v) is 20.4. The topological polar surface area (TPSA) is 90.4 Å². The van der Waals surface area contributed by atoms with Gasteiger partial charge < -0.3 is 24.5 Å². The number of carbonyl (C=O) groups is 3. The molecule has 5 rings (SSSR count). The van der Waals surface area contributed by atoms with Crippen LogP contribution in [0.1, 0.15) is 30.5 Å². The first-order valence-corrected chi connectivity index (χ1v) is 11.9. The van der Waals surface area contributed by atoms with Crippen molar-refractivity contribution in [3.05, 3.63) is 64.7 Å². The molecule has 0 radical (unpaired) electrons. The summed E-state index contributed by atoms with van der Waals surface area (Å²) in [5.74, 6) is -1.66. The Hall–Kier alpha value is -3.65. The minimum Gasteiger partial charge on any atom is -0.507 e. The highest BCUT2D eigenvalue weighted by Crippen LogP contribution is 2.53. The molecule has 0 saturated carbocycles. The zero-order valence-electron chi connectivity index (χ0n) is 20.4. The lowest BCUT2D eigenvalue weighted by molar-refractivity contribution is -0.143. The highest BCUT2D eigenvalue weighted by molar-refractivity contribution is 6.50. The molecule has 3 aliphatic rings. The van der Waals surface area contributed by atoms with E-state index in [9.17, 15) is 19.5 Å². The van der Waals surface area contributed by atoms with Gasteiger partial charge in [0.05, 0.1) is 11.3 Å². The highest BCUT2D eigenvalue weighted by Gasteiger charge is 2.66. The van der Waals surface area contributed by atoms with Gasteiger partial charge in [-0.3, -0.25) is 14.4 Å². The van der Waals surface area contributed by atoms with Crippen LogP contribution in [0.3, 0.4) is 0 Å². The standard InChI is InChI=1S/C27H29N3O5/c1-5-29-20-9-7-6-8-19(20)27(26(29)34)22(24(32)25(33)30(27)13-12-28(3)4)23(31)17-10-11-21-18(15-17)14-16(2)35-21/h6-11,15-16,31H,5,12-14H2,1-4H3/b23-22+. The van der Waals surface area contributed by atoms with Crippen LogP contribution in [0.4, 0.5) is 5.69 Å². The molecule has 35 heavy (non-hydrogen) atoms. The lowest BCUT2D eigenvalue weighted by Crippen LogP contribution is -2.53. The largest absolute Gasteiger partial charge is 0.507 e. The fourth-order valence-corrected chi connectivity index (χ4v) is 5.49. The molecule has 0 bridgehead atoms. The van der Waals surface area contributed by atoms with Gasteiger partial charge >= 0.3 is 0 Å². The van der Waals surface area contributed by atoms with Crippen LogP contribution in [-0.4, -0.2) is 72.3 Å². The van der Waals surface area contributed by atoms with E-state index in [1.165, 1.54) is 4.90 Å². The third kappa shape index (κ3) is 3.20. The molecule has 2 amide bonds. The van der Waals surface area contributed by atoms with Gasteiger partial charge in [0.25, 0.3) is 17.6 Å². The first-order valence-electron chi connectivity index (χ1n) is 11.9. The lowest BCUT2D eigenvalue weighted by Gasteiger charge is -2.35. The van der Waals surface area contributed by atoms with Crippen LogP contribution in [0.25, 0.3) is 5.76 Å². The number of ether oxygens (including phenoxy) is 1. The molecule has 1 N–H and O–H groups in total. The molecule has 2 atom stereocenters. The number of rotatable bonds is 5. The first kappa shape index (κ1) is 23.1. The fourth-order valence-electron chi connectivity index (χ4n) is 5.49. The summed E-state index contributed by atoms with van der Waals surface area (Å²) in [5.41, 5.74) is 0.561. The summed E-state index contributed by atoms with van der Waals surface area (Å²) in [4.78, 5) is 45.9. The van der Waals surface area contributed by atoms with Crippen LogP contribution in [0, 0.1) is 0 Å². The molecular formula is C27H29N3O5. The molecule has 1 saturated heterocycles. The number of amides is 2. The molecule has 8 heteroatoms. The minimum absolute atomic E-state index is 0.0130. The van der Waals surface area contributed by atoms with Gasteiger partial charge in [-0.15, -0.1) is 0 Å². The number of Topliss-reactive ketones (excluding diaryl/α,β-unsaturated/α-hetero) is 1. The number of anilines is 1. The third-order valence-electron chi connectivity index (χ3n) is 7.07. The molecule has 2 aromatic carbocycles. The van der Waals surface area contributed by atoms with Crippen LogP contribution < -0.4 is 9.64 Å². The molecule has 0 aliphatic carbocycles.